The van der Waals surface area contributed by atoms with Crippen LogP contribution < -0.4 is 0 Å². The fourth-order valence-corrected chi connectivity index (χ4v) is 2.47. The van der Waals surface area contributed by atoms with Crippen LogP contribution in [0, 0.1) is 0 Å². The van der Waals surface area contributed by atoms with Gasteiger partial charge in [0, 0.05) is 13.3 Å². The second-order valence-electron chi connectivity index (χ2n) is 4.14. The number of rotatable bonds is 4. The van der Waals surface area contributed by atoms with Crippen molar-refractivity contribution in [3.05, 3.63) is 51.5 Å². The van der Waals surface area contributed by atoms with Crippen LogP contribution >= 0.6 is 11.3 Å². The van der Waals surface area contributed by atoms with Gasteiger partial charge in [0.1, 0.15) is 6.10 Å². The number of halogens is 3. The third kappa shape index (κ3) is 3.36. The zero-order valence-corrected chi connectivity index (χ0v) is 11.3. The summed E-state index contributed by atoms with van der Waals surface area (Å²) in [6.45, 7) is 0.440. The first-order valence-electron chi connectivity index (χ1n) is 5.70. The normalized spacial score (nSPS) is 13.4. The van der Waals surface area contributed by atoms with Gasteiger partial charge in [0.2, 0.25) is 0 Å². The minimum absolute atomic E-state index is 0.164. The Balaban J connectivity index is 2.18. The average molecular weight is 303 g/mol. The molecule has 2 rings (SSSR count). The number of ether oxygens (including phenoxy) is 1. The van der Waals surface area contributed by atoms with Crippen LogP contribution in [0.5, 0.6) is 0 Å². The quantitative estimate of drug-likeness (QED) is 0.941. The van der Waals surface area contributed by atoms with Crippen LogP contribution in [0.2, 0.25) is 0 Å². The van der Waals surface area contributed by atoms with Gasteiger partial charge in [0.25, 0.3) is 0 Å². The predicted molar refractivity (Wildman–Crippen MR) is 68.3 cm³/mol. The molecule has 0 fully saturated rings. The standard InChI is InChI=1S/C13H12F3NO2S/c1-19-7-8-2-4-9(5-3-8)11(18)10-6-17-12(20-10)13(14,15)16/h2-6,11,18H,7H2,1H3. The molecule has 0 amide bonds. The summed E-state index contributed by atoms with van der Waals surface area (Å²) < 4.78 is 42.3. The predicted octanol–water partition coefficient (Wildman–Crippen LogP) is 3.39. The van der Waals surface area contributed by atoms with Gasteiger partial charge in [0.05, 0.1) is 11.5 Å². The van der Waals surface area contributed by atoms with E-state index in [9.17, 15) is 18.3 Å². The zero-order valence-electron chi connectivity index (χ0n) is 10.5. The van der Waals surface area contributed by atoms with Crippen molar-refractivity contribution in [3.8, 4) is 0 Å². The third-order valence-electron chi connectivity index (χ3n) is 2.64. The molecule has 1 aromatic carbocycles. The summed E-state index contributed by atoms with van der Waals surface area (Å²) in [6.07, 6.45) is -4.54. The molecule has 0 radical (unpaired) electrons. The SMILES string of the molecule is COCc1ccc(C(O)c2cnc(C(F)(F)F)s2)cc1. The largest absolute Gasteiger partial charge is 0.443 e. The number of nitrogens with zero attached hydrogens (tertiary/aromatic N) is 1. The number of aliphatic hydroxyl groups excluding tert-OH is 1. The van der Waals surface area contributed by atoms with Gasteiger partial charge in [-0.05, 0) is 11.1 Å². The Bertz CT molecular complexity index is 566. The van der Waals surface area contributed by atoms with Crippen molar-refractivity contribution in [3.63, 3.8) is 0 Å². The molecule has 1 unspecified atom stereocenters. The second-order valence-corrected chi connectivity index (χ2v) is 5.20. The number of alkyl halides is 3. The second kappa shape index (κ2) is 5.90. The fourth-order valence-electron chi connectivity index (χ4n) is 1.67. The summed E-state index contributed by atoms with van der Waals surface area (Å²) in [6, 6.07) is 6.83. The van der Waals surface area contributed by atoms with Crippen LogP contribution in [0.1, 0.15) is 27.1 Å². The summed E-state index contributed by atoms with van der Waals surface area (Å²) in [4.78, 5) is 3.46. The Labute approximate surface area is 117 Å². The first-order chi connectivity index (χ1) is 9.41. The topological polar surface area (TPSA) is 42.4 Å². The molecule has 0 spiro atoms. The summed E-state index contributed by atoms with van der Waals surface area (Å²) in [5.74, 6) is 0. The van der Waals surface area contributed by atoms with E-state index in [0.29, 0.717) is 23.5 Å². The number of hydrogen-bond acceptors (Lipinski definition) is 4. The van der Waals surface area contributed by atoms with Gasteiger partial charge in [-0.3, -0.25) is 0 Å². The lowest BCUT2D eigenvalue weighted by molar-refractivity contribution is -0.137. The van der Waals surface area contributed by atoms with E-state index in [0.717, 1.165) is 11.8 Å². The molecule has 1 aromatic heterocycles. The molecule has 0 aliphatic heterocycles. The molecule has 0 saturated heterocycles. The molecular weight excluding hydrogens is 291 g/mol. The Hall–Kier alpha value is -1.44. The maximum absolute atomic E-state index is 12.5. The summed E-state index contributed by atoms with van der Waals surface area (Å²) >= 11 is 0.446. The Morgan fingerprint density at radius 3 is 2.45 bits per heavy atom. The van der Waals surface area contributed by atoms with Gasteiger partial charge in [-0.2, -0.15) is 13.2 Å². The molecule has 3 nitrogen and oxygen atoms in total. The molecule has 1 atom stereocenters. The van der Waals surface area contributed by atoms with Crippen LogP contribution in [0.25, 0.3) is 0 Å². The van der Waals surface area contributed by atoms with E-state index in [4.69, 9.17) is 4.74 Å². The van der Waals surface area contributed by atoms with Crippen molar-refractivity contribution in [2.75, 3.05) is 7.11 Å². The van der Waals surface area contributed by atoms with E-state index in [1.54, 1.807) is 31.4 Å². The Morgan fingerprint density at radius 1 is 1.30 bits per heavy atom. The highest BCUT2D eigenvalue weighted by atomic mass is 32.1. The van der Waals surface area contributed by atoms with Gasteiger partial charge in [-0.25, -0.2) is 4.98 Å². The molecule has 108 valence electrons. The molecular formula is C13H12F3NO2S. The minimum Gasteiger partial charge on any atom is -0.383 e. The molecule has 1 N–H and O–H groups in total. The van der Waals surface area contributed by atoms with Gasteiger partial charge in [-0.1, -0.05) is 24.3 Å². The first kappa shape index (κ1) is 15.0. The number of methoxy groups -OCH3 is 1. The summed E-state index contributed by atoms with van der Waals surface area (Å²) in [5, 5.41) is 9.11. The van der Waals surface area contributed by atoms with E-state index < -0.39 is 17.3 Å². The highest BCUT2D eigenvalue weighted by Gasteiger charge is 2.35. The highest BCUT2D eigenvalue weighted by Crippen LogP contribution is 2.35. The van der Waals surface area contributed by atoms with Crippen LogP contribution in [0.15, 0.2) is 30.5 Å². The van der Waals surface area contributed by atoms with E-state index in [2.05, 4.69) is 4.98 Å². The Morgan fingerprint density at radius 2 is 1.95 bits per heavy atom. The lowest BCUT2D eigenvalue weighted by Gasteiger charge is -2.09. The number of hydrogen-bond donors (Lipinski definition) is 1. The average Bonchev–Trinajstić information content (AvgIpc) is 2.89. The fraction of sp³-hybridized carbons (Fsp3) is 0.308. The minimum atomic E-state index is -4.48. The number of thiazole rings is 1. The van der Waals surface area contributed by atoms with Gasteiger partial charge < -0.3 is 9.84 Å². The van der Waals surface area contributed by atoms with Gasteiger partial charge >= 0.3 is 6.18 Å². The Kier molecular flexibility index (Phi) is 4.42. The lowest BCUT2D eigenvalue weighted by atomic mass is 10.1. The third-order valence-corrected chi connectivity index (χ3v) is 3.74. The first-order valence-corrected chi connectivity index (χ1v) is 6.52. The van der Waals surface area contributed by atoms with Crippen molar-refractivity contribution >= 4 is 11.3 Å². The smallest absolute Gasteiger partial charge is 0.383 e. The molecule has 0 aliphatic carbocycles. The van der Waals surface area contributed by atoms with E-state index in [1.165, 1.54) is 0 Å². The van der Waals surface area contributed by atoms with E-state index >= 15 is 0 Å². The molecule has 7 heteroatoms. The molecule has 1 heterocycles. The van der Waals surface area contributed by atoms with Crippen LogP contribution in [-0.4, -0.2) is 17.2 Å². The maximum atomic E-state index is 12.5. The lowest BCUT2D eigenvalue weighted by Crippen LogP contribution is -2.03. The molecule has 2 aromatic rings. The highest BCUT2D eigenvalue weighted by molar-refractivity contribution is 7.11. The molecule has 0 bridgehead atoms. The summed E-state index contributed by atoms with van der Waals surface area (Å²) in [5.41, 5.74) is 1.44. The van der Waals surface area contributed by atoms with E-state index in [1.807, 2.05) is 0 Å². The van der Waals surface area contributed by atoms with E-state index in [-0.39, 0.29) is 4.88 Å². The number of aromatic nitrogens is 1. The molecule has 0 saturated carbocycles. The number of aliphatic hydroxyl groups is 1. The van der Waals surface area contributed by atoms with Crippen LogP contribution in [0.3, 0.4) is 0 Å². The van der Waals surface area contributed by atoms with Crippen molar-refractivity contribution in [2.45, 2.75) is 18.9 Å². The monoisotopic (exact) mass is 303 g/mol. The van der Waals surface area contributed by atoms with Crippen LogP contribution in [0.4, 0.5) is 13.2 Å². The zero-order chi connectivity index (χ0) is 14.8. The maximum Gasteiger partial charge on any atom is 0.443 e. The van der Waals surface area contributed by atoms with Crippen molar-refractivity contribution < 1.29 is 23.0 Å². The van der Waals surface area contributed by atoms with Gasteiger partial charge in [0.15, 0.2) is 5.01 Å². The van der Waals surface area contributed by atoms with Crippen molar-refractivity contribution in [2.24, 2.45) is 0 Å². The van der Waals surface area contributed by atoms with Crippen molar-refractivity contribution in [1.82, 2.24) is 4.98 Å². The van der Waals surface area contributed by atoms with Crippen molar-refractivity contribution in [1.29, 1.82) is 0 Å². The number of benzene rings is 1. The molecule has 20 heavy (non-hydrogen) atoms. The summed E-state index contributed by atoms with van der Waals surface area (Å²) in [7, 11) is 1.57. The van der Waals surface area contributed by atoms with Crippen LogP contribution in [-0.2, 0) is 17.5 Å². The molecule has 0 aliphatic rings. The van der Waals surface area contributed by atoms with Gasteiger partial charge in [-0.15, -0.1) is 11.3 Å².